The zero-order valence-electron chi connectivity index (χ0n) is 16.4. The summed E-state index contributed by atoms with van der Waals surface area (Å²) >= 11 is 6.36. The molecule has 0 radical (unpaired) electrons. The number of carbonyl (C=O) groups excluding carboxylic acids is 2. The molecule has 0 unspecified atom stereocenters. The Balaban J connectivity index is 1.81. The quantitative estimate of drug-likeness (QED) is 0.370. The van der Waals surface area contributed by atoms with Gasteiger partial charge in [0, 0.05) is 41.6 Å². The summed E-state index contributed by atoms with van der Waals surface area (Å²) in [6, 6.07) is 12.7. The molecule has 0 saturated heterocycles. The minimum atomic E-state index is 0.0477. The van der Waals surface area contributed by atoms with Crippen molar-refractivity contribution in [2.75, 3.05) is 5.32 Å². The summed E-state index contributed by atoms with van der Waals surface area (Å²) in [5.41, 5.74) is 3.04. The number of ether oxygens (including phenoxy) is 1. The summed E-state index contributed by atoms with van der Waals surface area (Å²) < 4.78 is 6.02. The van der Waals surface area contributed by atoms with Crippen molar-refractivity contribution in [3.63, 3.8) is 0 Å². The van der Waals surface area contributed by atoms with Gasteiger partial charge in [-0.15, -0.1) is 0 Å². The van der Waals surface area contributed by atoms with Crippen LogP contribution in [0.15, 0.2) is 42.6 Å². The molecule has 1 heterocycles. The Morgan fingerprint density at radius 3 is 2.87 bits per heavy atom. The number of halogens is 1. The van der Waals surface area contributed by atoms with Gasteiger partial charge in [0.05, 0.1) is 11.6 Å². The molecule has 3 aromatic rings. The third-order valence-electron chi connectivity index (χ3n) is 4.65. The molecule has 0 aliphatic rings. The predicted octanol–water partition coefficient (Wildman–Crippen LogP) is 5.36. The van der Waals surface area contributed by atoms with Gasteiger partial charge in [0.2, 0.25) is 6.41 Å². The minimum absolute atomic E-state index is 0.0477. The summed E-state index contributed by atoms with van der Waals surface area (Å²) in [4.78, 5) is 27.2. The molecule has 0 spiro atoms. The molecule has 30 heavy (non-hydrogen) atoms. The highest BCUT2D eigenvalue weighted by molar-refractivity contribution is 6.31. The van der Waals surface area contributed by atoms with E-state index in [1.54, 1.807) is 30.5 Å². The van der Waals surface area contributed by atoms with Gasteiger partial charge < -0.3 is 10.1 Å². The van der Waals surface area contributed by atoms with E-state index in [0.717, 1.165) is 22.0 Å². The van der Waals surface area contributed by atoms with Crippen molar-refractivity contribution in [2.24, 2.45) is 0 Å². The fraction of sp³-hybridized carbons (Fsp3) is 0.217. The molecule has 0 atom stereocenters. The first-order valence-corrected chi connectivity index (χ1v) is 9.84. The molecule has 0 fully saturated rings. The number of benzene rings is 2. The van der Waals surface area contributed by atoms with Crippen molar-refractivity contribution in [1.29, 1.82) is 5.26 Å². The van der Waals surface area contributed by atoms with E-state index in [1.165, 1.54) is 0 Å². The maximum absolute atomic E-state index is 12.0. The van der Waals surface area contributed by atoms with Crippen LogP contribution in [0.25, 0.3) is 10.9 Å². The summed E-state index contributed by atoms with van der Waals surface area (Å²) in [6.45, 7) is 1.89. The van der Waals surface area contributed by atoms with Crippen LogP contribution in [0.2, 0.25) is 5.02 Å². The SMILES string of the molecule is Cc1cc2nccc(Oc3ccc(CC(=O)CCCC#N)c(Cl)c3)c2cc1NC=O. The van der Waals surface area contributed by atoms with E-state index in [1.807, 2.05) is 25.1 Å². The number of nitriles is 1. The van der Waals surface area contributed by atoms with Crippen LogP contribution in [0.1, 0.15) is 30.4 Å². The maximum Gasteiger partial charge on any atom is 0.211 e. The molecule has 1 aromatic heterocycles. The largest absolute Gasteiger partial charge is 0.457 e. The van der Waals surface area contributed by atoms with Crippen molar-refractivity contribution < 1.29 is 14.3 Å². The second-order valence-corrected chi connectivity index (χ2v) is 7.25. The van der Waals surface area contributed by atoms with Crippen LogP contribution < -0.4 is 10.1 Å². The fourth-order valence-corrected chi connectivity index (χ4v) is 3.34. The molecular weight excluding hydrogens is 402 g/mol. The maximum atomic E-state index is 12.0. The number of pyridine rings is 1. The number of hydrogen-bond acceptors (Lipinski definition) is 5. The van der Waals surface area contributed by atoms with E-state index in [4.69, 9.17) is 21.6 Å². The number of Topliss-reactive ketones (excluding diaryl/α,β-unsaturated/α-hetero) is 1. The number of nitrogens with zero attached hydrogens (tertiary/aromatic N) is 2. The van der Waals surface area contributed by atoms with E-state index in [2.05, 4.69) is 10.3 Å². The summed E-state index contributed by atoms with van der Waals surface area (Å²) in [5.74, 6) is 1.15. The second-order valence-electron chi connectivity index (χ2n) is 6.84. The number of amides is 1. The first-order valence-electron chi connectivity index (χ1n) is 9.46. The minimum Gasteiger partial charge on any atom is -0.457 e. The number of ketones is 1. The van der Waals surface area contributed by atoms with Crippen molar-refractivity contribution >= 4 is 40.4 Å². The number of anilines is 1. The van der Waals surface area contributed by atoms with E-state index < -0.39 is 0 Å². The molecule has 0 aliphatic heterocycles. The summed E-state index contributed by atoms with van der Waals surface area (Å²) in [6.07, 6.45) is 3.80. The van der Waals surface area contributed by atoms with Crippen LogP contribution in [-0.2, 0) is 16.0 Å². The third-order valence-corrected chi connectivity index (χ3v) is 5.00. The Labute approximate surface area is 179 Å². The monoisotopic (exact) mass is 421 g/mol. The lowest BCUT2D eigenvalue weighted by Gasteiger charge is -2.12. The molecule has 152 valence electrons. The Hall–Kier alpha value is -3.43. The van der Waals surface area contributed by atoms with Gasteiger partial charge in [0.25, 0.3) is 0 Å². The highest BCUT2D eigenvalue weighted by Crippen LogP contribution is 2.33. The Morgan fingerprint density at radius 2 is 2.13 bits per heavy atom. The first-order chi connectivity index (χ1) is 14.5. The van der Waals surface area contributed by atoms with Crippen LogP contribution in [0.3, 0.4) is 0 Å². The molecule has 6 nitrogen and oxygen atoms in total. The Kier molecular flexibility index (Phi) is 6.99. The standard InChI is InChI=1S/C23H20ClN3O3/c1-15-10-22-19(13-21(15)27-14-28)23(7-9-26-22)30-18-6-5-16(20(24)12-18)11-17(29)4-2-3-8-25/h5-7,9-10,12-14H,2-4,11H2,1H3,(H,27,28). The number of aryl methyl sites for hydroxylation is 1. The number of unbranched alkanes of at least 4 members (excludes halogenated alkanes) is 1. The van der Waals surface area contributed by atoms with Gasteiger partial charge in [-0.2, -0.15) is 5.26 Å². The highest BCUT2D eigenvalue weighted by atomic mass is 35.5. The molecule has 2 aromatic carbocycles. The van der Waals surface area contributed by atoms with Crippen molar-refractivity contribution in [3.05, 3.63) is 58.7 Å². The van der Waals surface area contributed by atoms with Crippen molar-refractivity contribution in [1.82, 2.24) is 4.98 Å². The normalized spacial score (nSPS) is 10.4. The predicted molar refractivity (Wildman–Crippen MR) is 116 cm³/mol. The number of hydrogen-bond donors (Lipinski definition) is 1. The zero-order valence-corrected chi connectivity index (χ0v) is 17.2. The molecular formula is C23H20ClN3O3. The van der Waals surface area contributed by atoms with Crippen LogP contribution >= 0.6 is 11.6 Å². The number of rotatable bonds is 9. The lowest BCUT2D eigenvalue weighted by Crippen LogP contribution is -2.03. The average molecular weight is 422 g/mol. The van der Waals surface area contributed by atoms with Gasteiger partial charge in [-0.1, -0.05) is 17.7 Å². The van der Waals surface area contributed by atoms with E-state index in [-0.39, 0.29) is 12.2 Å². The Bertz CT molecular complexity index is 1140. The van der Waals surface area contributed by atoms with Crippen LogP contribution in [-0.4, -0.2) is 17.2 Å². The van der Waals surface area contributed by atoms with Gasteiger partial charge in [-0.05, 0) is 54.8 Å². The van der Waals surface area contributed by atoms with E-state index in [9.17, 15) is 9.59 Å². The van der Waals surface area contributed by atoms with Crippen LogP contribution in [0.4, 0.5) is 5.69 Å². The molecule has 7 heteroatoms. The van der Waals surface area contributed by atoms with Crippen LogP contribution in [0, 0.1) is 18.3 Å². The number of carbonyl (C=O) groups is 2. The number of fused-ring (bicyclic) bond motifs is 1. The van der Waals surface area contributed by atoms with Crippen LogP contribution in [0.5, 0.6) is 11.5 Å². The van der Waals surface area contributed by atoms with Gasteiger partial charge >= 0.3 is 0 Å². The highest BCUT2D eigenvalue weighted by Gasteiger charge is 2.11. The molecule has 0 bridgehead atoms. The average Bonchev–Trinajstić information content (AvgIpc) is 2.71. The van der Waals surface area contributed by atoms with Crippen molar-refractivity contribution in [3.8, 4) is 17.6 Å². The number of aromatic nitrogens is 1. The Morgan fingerprint density at radius 1 is 1.30 bits per heavy atom. The first kappa shape index (κ1) is 21.3. The molecule has 0 saturated carbocycles. The number of nitrogens with one attached hydrogen (secondary N) is 1. The molecule has 0 aliphatic carbocycles. The fourth-order valence-electron chi connectivity index (χ4n) is 3.11. The smallest absolute Gasteiger partial charge is 0.211 e. The summed E-state index contributed by atoms with van der Waals surface area (Å²) in [7, 11) is 0. The van der Waals surface area contributed by atoms with Gasteiger partial charge in [0.15, 0.2) is 0 Å². The summed E-state index contributed by atoms with van der Waals surface area (Å²) in [5, 5.41) is 12.4. The zero-order chi connectivity index (χ0) is 21.5. The second kappa shape index (κ2) is 9.86. The molecule has 1 N–H and O–H groups in total. The lowest BCUT2D eigenvalue weighted by molar-refractivity contribution is -0.118. The topological polar surface area (TPSA) is 92.1 Å². The van der Waals surface area contributed by atoms with E-state index in [0.29, 0.717) is 47.9 Å². The molecule has 3 rings (SSSR count). The lowest BCUT2D eigenvalue weighted by atomic mass is 10.0. The van der Waals surface area contributed by atoms with Crippen molar-refractivity contribution in [2.45, 2.75) is 32.6 Å². The third kappa shape index (κ3) is 5.13. The molecule has 1 amide bonds. The van der Waals surface area contributed by atoms with Gasteiger partial charge in [-0.3, -0.25) is 14.6 Å². The van der Waals surface area contributed by atoms with E-state index >= 15 is 0 Å². The van der Waals surface area contributed by atoms with Gasteiger partial charge in [-0.25, -0.2) is 0 Å². The van der Waals surface area contributed by atoms with Gasteiger partial charge in [0.1, 0.15) is 17.3 Å².